The Morgan fingerprint density at radius 3 is 2.79 bits per heavy atom. The Labute approximate surface area is 84.4 Å². The van der Waals surface area contributed by atoms with Gasteiger partial charge >= 0.3 is 0 Å². The summed E-state index contributed by atoms with van der Waals surface area (Å²) in [6.45, 7) is 4.56. The van der Waals surface area contributed by atoms with Crippen molar-refractivity contribution in [3.05, 3.63) is 29.3 Å². The monoisotopic (exact) mass is 195 g/mol. The zero-order chi connectivity index (χ0) is 10.6. The van der Waals surface area contributed by atoms with Crippen LogP contribution in [0.1, 0.15) is 18.1 Å². The average Bonchev–Trinajstić information content (AvgIpc) is 2.19. The summed E-state index contributed by atoms with van der Waals surface area (Å²) in [4.78, 5) is 0. The van der Waals surface area contributed by atoms with Crippen LogP contribution in [-0.4, -0.2) is 22.9 Å². The first kappa shape index (κ1) is 11.0. The van der Waals surface area contributed by atoms with Gasteiger partial charge in [-0.05, 0) is 19.9 Å². The Kier molecular flexibility index (Phi) is 3.92. The zero-order valence-electron chi connectivity index (χ0n) is 8.62. The van der Waals surface area contributed by atoms with E-state index in [9.17, 15) is 5.11 Å². The number of benzene rings is 1. The maximum atomic E-state index is 9.52. The van der Waals surface area contributed by atoms with Crippen LogP contribution < -0.4 is 5.32 Å². The second kappa shape index (κ2) is 4.98. The summed E-state index contributed by atoms with van der Waals surface area (Å²) in [6.07, 6.45) is 0. The molecule has 0 aromatic heterocycles. The molecule has 3 nitrogen and oxygen atoms in total. The second-order valence-corrected chi connectivity index (χ2v) is 3.60. The van der Waals surface area contributed by atoms with Crippen LogP contribution in [0.15, 0.2) is 18.2 Å². The van der Waals surface area contributed by atoms with Crippen molar-refractivity contribution in [3.8, 4) is 5.75 Å². The van der Waals surface area contributed by atoms with Gasteiger partial charge in [-0.3, -0.25) is 0 Å². The minimum absolute atomic E-state index is 0.0508. The van der Waals surface area contributed by atoms with Gasteiger partial charge in [0.2, 0.25) is 0 Å². The van der Waals surface area contributed by atoms with E-state index in [-0.39, 0.29) is 12.6 Å². The van der Waals surface area contributed by atoms with Crippen molar-refractivity contribution in [2.45, 2.75) is 26.4 Å². The predicted molar refractivity (Wildman–Crippen MR) is 56.2 cm³/mol. The van der Waals surface area contributed by atoms with Crippen LogP contribution in [0.25, 0.3) is 0 Å². The summed E-state index contributed by atoms with van der Waals surface area (Å²) < 4.78 is 0. The number of hydrogen-bond acceptors (Lipinski definition) is 3. The standard InChI is InChI=1S/C11H17NO2/c1-8-3-4-11(14)10(5-8)6-12-9(2)7-13/h3-5,9,12-14H,6-7H2,1-2H3/t9-/m1/s1. The molecule has 0 spiro atoms. The maximum absolute atomic E-state index is 9.52. The van der Waals surface area contributed by atoms with Crippen LogP contribution in [0.2, 0.25) is 0 Å². The number of aryl methyl sites for hydroxylation is 1. The summed E-state index contributed by atoms with van der Waals surface area (Å²) in [5, 5.41) is 21.4. The van der Waals surface area contributed by atoms with Crippen molar-refractivity contribution in [3.63, 3.8) is 0 Å². The molecule has 78 valence electrons. The highest BCUT2D eigenvalue weighted by molar-refractivity contribution is 5.35. The molecule has 1 aromatic carbocycles. The van der Waals surface area contributed by atoms with Crippen LogP contribution in [-0.2, 0) is 6.54 Å². The van der Waals surface area contributed by atoms with Crippen molar-refractivity contribution >= 4 is 0 Å². The Morgan fingerprint density at radius 2 is 2.14 bits per heavy atom. The fourth-order valence-corrected chi connectivity index (χ4v) is 1.20. The summed E-state index contributed by atoms with van der Waals surface area (Å²) in [7, 11) is 0. The van der Waals surface area contributed by atoms with Crippen molar-refractivity contribution < 1.29 is 10.2 Å². The third-order valence-corrected chi connectivity index (χ3v) is 2.15. The van der Waals surface area contributed by atoms with Gasteiger partial charge in [0.1, 0.15) is 5.75 Å². The first-order chi connectivity index (χ1) is 6.63. The van der Waals surface area contributed by atoms with Crippen molar-refractivity contribution in [1.29, 1.82) is 0 Å². The normalized spacial score (nSPS) is 12.8. The third kappa shape index (κ3) is 3.01. The molecule has 0 unspecified atom stereocenters. The lowest BCUT2D eigenvalue weighted by molar-refractivity contribution is 0.250. The molecule has 0 fully saturated rings. The highest BCUT2D eigenvalue weighted by Crippen LogP contribution is 2.17. The van der Waals surface area contributed by atoms with Crippen molar-refractivity contribution in [2.24, 2.45) is 0 Å². The number of nitrogens with one attached hydrogen (secondary N) is 1. The molecule has 3 N–H and O–H groups in total. The fourth-order valence-electron chi connectivity index (χ4n) is 1.20. The van der Waals surface area contributed by atoms with E-state index in [2.05, 4.69) is 5.32 Å². The van der Waals surface area contributed by atoms with Crippen molar-refractivity contribution in [1.82, 2.24) is 5.32 Å². The zero-order valence-corrected chi connectivity index (χ0v) is 8.62. The van der Waals surface area contributed by atoms with Crippen LogP contribution >= 0.6 is 0 Å². The fraction of sp³-hybridized carbons (Fsp3) is 0.455. The van der Waals surface area contributed by atoms with Gasteiger partial charge in [-0.2, -0.15) is 0 Å². The molecule has 0 saturated heterocycles. The van der Waals surface area contributed by atoms with Crippen LogP contribution in [0.3, 0.4) is 0 Å². The van der Waals surface area contributed by atoms with Gasteiger partial charge in [0.05, 0.1) is 6.61 Å². The summed E-state index contributed by atoms with van der Waals surface area (Å²) in [5.74, 6) is 0.299. The molecule has 1 atom stereocenters. The molecule has 1 aromatic rings. The molecule has 0 aliphatic heterocycles. The molecule has 3 heteroatoms. The van der Waals surface area contributed by atoms with E-state index < -0.39 is 0 Å². The van der Waals surface area contributed by atoms with Crippen LogP contribution in [0.5, 0.6) is 5.75 Å². The Bertz CT molecular complexity index is 299. The lowest BCUT2D eigenvalue weighted by atomic mass is 10.1. The predicted octanol–water partition coefficient (Wildman–Crippen LogP) is 1.17. The van der Waals surface area contributed by atoms with Gasteiger partial charge < -0.3 is 15.5 Å². The molecule has 0 aliphatic carbocycles. The molecule has 14 heavy (non-hydrogen) atoms. The molecule has 0 amide bonds. The van der Waals surface area contributed by atoms with E-state index >= 15 is 0 Å². The number of aliphatic hydroxyl groups is 1. The number of aromatic hydroxyl groups is 1. The highest BCUT2D eigenvalue weighted by Gasteiger charge is 2.03. The molecule has 0 aliphatic rings. The topological polar surface area (TPSA) is 52.5 Å². The Hall–Kier alpha value is -1.06. The summed E-state index contributed by atoms with van der Waals surface area (Å²) in [5.41, 5.74) is 1.99. The van der Waals surface area contributed by atoms with Gasteiger partial charge in [-0.25, -0.2) is 0 Å². The Balaban J connectivity index is 2.62. The molecule has 0 heterocycles. The minimum Gasteiger partial charge on any atom is -0.508 e. The number of aliphatic hydroxyl groups excluding tert-OH is 1. The summed E-state index contributed by atoms with van der Waals surface area (Å²) in [6, 6.07) is 5.55. The van der Waals surface area contributed by atoms with Gasteiger partial charge in [0.25, 0.3) is 0 Å². The molecule has 0 bridgehead atoms. The molecule has 0 radical (unpaired) electrons. The third-order valence-electron chi connectivity index (χ3n) is 2.15. The summed E-state index contributed by atoms with van der Waals surface area (Å²) >= 11 is 0. The van der Waals surface area contributed by atoms with E-state index in [0.29, 0.717) is 12.3 Å². The number of phenols is 1. The van der Waals surface area contributed by atoms with E-state index in [4.69, 9.17) is 5.11 Å². The van der Waals surface area contributed by atoms with Crippen LogP contribution in [0.4, 0.5) is 0 Å². The smallest absolute Gasteiger partial charge is 0.120 e. The molecule has 1 rings (SSSR count). The first-order valence-electron chi connectivity index (χ1n) is 4.76. The molecular formula is C11H17NO2. The van der Waals surface area contributed by atoms with Gasteiger partial charge in [-0.15, -0.1) is 0 Å². The molecular weight excluding hydrogens is 178 g/mol. The maximum Gasteiger partial charge on any atom is 0.120 e. The van der Waals surface area contributed by atoms with Gasteiger partial charge in [-0.1, -0.05) is 17.7 Å². The average molecular weight is 195 g/mol. The highest BCUT2D eigenvalue weighted by atomic mass is 16.3. The van der Waals surface area contributed by atoms with E-state index in [1.165, 1.54) is 0 Å². The number of hydrogen-bond donors (Lipinski definition) is 3. The van der Waals surface area contributed by atoms with E-state index in [1.807, 2.05) is 26.0 Å². The lowest BCUT2D eigenvalue weighted by Gasteiger charge is -2.11. The van der Waals surface area contributed by atoms with Crippen LogP contribution in [0, 0.1) is 6.92 Å². The van der Waals surface area contributed by atoms with E-state index in [1.54, 1.807) is 6.07 Å². The molecule has 0 saturated carbocycles. The van der Waals surface area contributed by atoms with E-state index in [0.717, 1.165) is 11.1 Å². The number of rotatable bonds is 4. The number of phenolic OH excluding ortho intramolecular Hbond substituents is 1. The minimum atomic E-state index is 0.0508. The SMILES string of the molecule is Cc1ccc(O)c(CN[C@H](C)CO)c1. The van der Waals surface area contributed by atoms with Crippen molar-refractivity contribution in [2.75, 3.05) is 6.61 Å². The lowest BCUT2D eigenvalue weighted by Crippen LogP contribution is -2.28. The second-order valence-electron chi connectivity index (χ2n) is 3.60. The van der Waals surface area contributed by atoms with Gasteiger partial charge in [0.15, 0.2) is 0 Å². The quantitative estimate of drug-likeness (QED) is 0.676. The first-order valence-corrected chi connectivity index (χ1v) is 4.76. The largest absolute Gasteiger partial charge is 0.508 e. The van der Waals surface area contributed by atoms with Gasteiger partial charge in [0, 0.05) is 18.2 Å². The Morgan fingerprint density at radius 1 is 1.43 bits per heavy atom.